The van der Waals surface area contributed by atoms with Crippen molar-refractivity contribution in [2.75, 3.05) is 19.6 Å². The minimum Gasteiger partial charge on any atom is -0.481 e. The minimum atomic E-state index is -1.10. The molecule has 0 atom stereocenters. The van der Waals surface area contributed by atoms with Gasteiger partial charge < -0.3 is 14.9 Å². The SMILES string of the molecule is CC1(C)C(=O)NC(=O)CN1C(=O)N1CCC(C(=O)O)CC1. The molecule has 2 aliphatic rings. The van der Waals surface area contributed by atoms with Crippen molar-refractivity contribution in [1.82, 2.24) is 15.1 Å². The lowest BCUT2D eigenvalue weighted by atomic mass is 9.96. The van der Waals surface area contributed by atoms with Gasteiger partial charge in [0.2, 0.25) is 5.91 Å². The maximum Gasteiger partial charge on any atom is 0.321 e. The van der Waals surface area contributed by atoms with Gasteiger partial charge >= 0.3 is 12.0 Å². The highest BCUT2D eigenvalue weighted by Crippen LogP contribution is 2.23. The zero-order chi connectivity index (χ0) is 15.8. The van der Waals surface area contributed by atoms with Gasteiger partial charge in [0.05, 0.1) is 5.92 Å². The number of carbonyl (C=O) groups is 4. The van der Waals surface area contributed by atoms with Crippen LogP contribution in [0, 0.1) is 5.92 Å². The van der Waals surface area contributed by atoms with E-state index in [0.29, 0.717) is 25.9 Å². The minimum absolute atomic E-state index is 0.170. The Bertz CT molecular complexity index is 494. The van der Waals surface area contributed by atoms with Gasteiger partial charge in [-0.2, -0.15) is 0 Å². The summed E-state index contributed by atoms with van der Waals surface area (Å²) in [4.78, 5) is 49.5. The first kappa shape index (κ1) is 15.3. The van der Waals surface area contributed by atoms with Crippen molar-refractivity contribution in [3.05, 3.63) is 0 Å². The van der Waals surface area contributed by atoms with Crippen LogP contribution in [0.5, 0.6) is 0 Å². The molecule has 0 aromatic rings. The fourth-order valence-electron chi connectivity index (χ4n) is 2.58. The van der Waals surface area contributed by atoms with Gasteiger partial charge in [-0.25, -0.2) is 4.79 Å². The number of urea groups is 1. The molecule has 2 saturated heterocycles. The number of carboxylic acid groups (broad SMARTS) is 1. The van der Waals surface area contributed by atoms with Crippen molar-refractivity contribution < 1.29 is 24.3 Å². The summed E-state index contributed by atoms with van der Waals surface area (Å²) < 4.78 is 0. The largest absolute Gasteiger partial charge is 0.481 e. The van der Waals surface area contributed by atoms with E-state index in [0.717, 1.165) is 0 Å². The number of likely N-dealkylation sites (tertiary alicyclic amines) is 1. The lowest BCUT2D eigenvalue weighted by molar-refractivity contribution is -0.143. The van der Waals surface area contributed by atoms with E-state index >= 15 is 0 Å². The molecule has 0 unspecified atom stereocenters. The first-order chi connectivity index (χ1) is 9.73. The molecule has 116 valence electrons. The van der Waals surface area contributed by atoms with Gasteiger partial charge in [0, 0.05) is 13.1 Å². The average Bonchev–Trinajstić information content (AvgIpc) is 2.42. The third-order valence-electron chi connectivity index (χ3n) is 4.13. The second-order valence-corrected chi connectivity index (χ2v) is 5.90. The molecule has 0 bridgehead atoms. The van der Waals surface area contributed by atoms with Crippen molar-refractivity contribution in [3.8, 4) is 0 Å². The smallest absolute Gasteiger partial charge is 0.321 e. The second kappa shape index (κ2) is 5.34. The Morgan fingerprint density at radius 1 is 1.24 bits per heavy atom. The highest BCUT2D eigenvalue weighted by molar-refractivity contribution is 6.06. The van der Waals surface area contributed by atoms with Crippen LogP contribution < -0.4 is 5.32 Å². The number of nitrogens with zero attached hydrogens (tertiary/aromatic N) is 2. The van der Waals surface area contributed by atoms with Crippen LogP contribution in [0.15, 0.2) is 0 Å². The summed E-state index contributed by atoms with van der Waals surface area (Å²) in [5.41, 5.74) is -1.10. The summed E-state index contributed by atoms with van der Waals surface area (Å²) in [7, 11) is 0. The molecule has 2 rings (SSSR count). The highest BCUT2D eigenvalue weighted by atomic mass is 16.4. The van der Waals surface area contributed by atoms with Crippen molar-refractivity contribution in [3.63, 3.8) is 0 Å². The Morgan fingerprint density at radius 3 is 2.33 bits per heavy atom. The molecule has 0 aromatic carbocycles. The quantitative estimate of drug-likeness (QED) is 0.643. The van der Waals surface area contributed by atoms with Crippen LogP contribution >= 0.6 is 0 Å². The first-order valence-electron chi connectivity index (χ1n) is 6.87. The van der Waals surface area contributed by atoms with Gasteiger partial charge in [-0.15, -0.1) is 0 Å². The summed E-state index contributed by atoms with van der Waals surface area (Å²) >= 11 is 0. The molecule has 2 N–H and O–H groups in total. The molecule has 2 aliphatic heterocycles. The van der Waals surface area contributed by atoms with Crippen LogP contribution in [0.3, 0.4) is 0 Å². The molecule has 8 nitrogen and oxygen atoms in total. The number of hydrogen-bond acceptors (Lipinski definition) is 4. The van der Waals surface area contributed by atoms with Crippen molar-refractivity contribution in [2.45, 2.75) is 32.2 Å². The summed E-state index contributed by atoms with van der Waals surface area (Å²) in [6.45, 7) is 3.63. The fourth-order valence-corrected chi connectivity index (χ4v) is 2.58. The molecule has 0 saturated carbocycles. The monoisotopic (exact) mass is 297 g/mol. The first-order valence-corrected chi connectivity index (χ1v) is 6.87. The third kappa shape index (κ3) is 2.84. The Kier molecular flexibility index (Phi) is 3.89. The number of carbonyl (C=O) groups excluding carboxylic acids is 3. The number of amides is 4. The van der Waals surface area contributed by atoms with Crippen LogP contribution in [-0.4, -0.2) is 63.9 Å². The van der Waals surface area contributed by atoms with Crippen LogP contribution in [0.4, 0.5) is 4.79 Å². The molecular formula is C13H19N3O5. The van der Waals surface area contributed by atoms with Crippen molar-refractivity contribution >= 4 is 23.8 Å². The molecule has 0 aromatic heterocycles. The Balaban J connectivity index is 2.07. The zero-order valence-electron chi connectivity index (χ0n) is 12.1. The van der Waals surface area contributed by atoms with Crippen LogP contribution in [0.2, 0.25) is 0 Å². The predicted molar refractivity (Wildman–Crippen MR) is 71.3 cm³/mol. The summed E-state index contributed by atoms with van der Waals surface area (Å²) in [5.74, 6) is -2.30. The number of rotatable bonds is 1. The van der Waals surface area contributed by atoms with E-state index < -0.39 is 35.3 Å². The van der Waals surface area contributed by atoms with E-state index in [1.807, 2.05) is 0 Å². The molecular weight excluding hydrogens is 278 g/mol. The standard InChI is InChI=1S/C13H19N3O5/c1-13(2)11(20)14-9(17)7-16(13)12(21)15-5-3-8(4-6-15)10(18)19/h8H,3-7H2,1-2H3,(H,18,19)(H,14,17,20). The van der Waals surface area contributed by atoms with Gasteiger partial charge in [-0.3, -0.25) is 19.7 Å². The predicted octanol–water partition coefficient (Wildman–Crippen LogP) is -0.360. The molecule has 8 heteroatoms. The number of piperazine rings is 1. The molecule has 21 heavy (non-hydrogen) atoms. The van der Waals surface area contributed by atoms with Crippen LogP contribution in [0.25, 0.3) is 0 Å². The molecule has 0 spiro atoms. The molecule has 0 aliphatic carbocycles. The van der Waals surface area contributed by atoms with E-state index in [2.05, 4.69) is 5.32 Å². The van der Waals surface area contributed by atoms with E-state index in [4.69, 9.17) is 5.11 Å². The maximum absolute atomic E-state index is 12.5. The summed E-state index contributed by atoms with van der Waals surface area (Å²) in [6, 6.07) is -0.396. The number of nitrogens with one attached hydrogen (secondary N) is 1. The van der Waals surface area contributed by atoms with Gasteiger partial charge in [0.25, 0.3) is 5.91 Å². The Hall–Kier alpha value is -2.12. The number of imide groups is 1. The van der Waals surface area contributed by atoms with Gasteiger partial charge in [-0.1, -0.05) is 0 Å². The van der Waals surface area contributed by atoms with Crippen LogP contribution in [-0.2, 0) is 14.4 Å². The van der Waals surface area contributed by atoms with Crippen LogP contribution in [0.1, 0.15) is 26.7 Å². The second-order valence-electron chi connectivity index (χ2n) is 5.90. The van der Waals surface area contributed by atoms with Crippen molar-refractivity contribution in [2.24, 2.45) is 5.92 Å². The van der Waals surface area contributed by atoms with Gasteiger partial charge in [-0.05, 0) is 26.7 Å². The normalized spacial score (nSPS) is 23.0. The number of hydrogen-bond donors (Lipinski definition) is 2. The maximum atomic E-state index is 12.5. The van der Waals surface area contributed by atoms with Gasteiger partial charge in [0.15, 0.2) is 0 Å². The van der Waals surface area contributed by atoms with Crippen molar-refractivity contribution in [1.29, 1.82) is 0 Å². The summed E-state index contributed by atoms with van der Waals surface area (Å²) in [5, 5.41) is 11.2. The topological polar surface area (TPSA) is 107 Å². The molecule has 4 amide bonds. The van der Waals surface area contributed by atoms with E-state index in [1.165, 1.54) is 9.80 Å². The molecule has 2 heterocycles. The number of piperidine rings is 1. The molecule has 2 fully saturated rings. The molecule has 0 radical (unpaired) electrons. The zero-order valence-corrected chi connectivity index (χ0v) is 12.1. The number of aliphatic carboxylic acids is 1. The van der Waals surface area contributed by atoms with Gasteiger partial charge in [0.1, 0.15) is 12.1 Å². The van der Waals surface area contributed by atoms with E-state index in [-0.39, 0.29) is 6.54 Å². The third-order valence-corrected chi connectivity index (χ3v) is 4.13. The summed E-state index contributed by atoms with van der Waals surface area (Å²) in [6.07, 6.45) is 0.769. The van der Waals surface area contributed by atoms with E-state index in [1.54, 1.807) is 13.8 Å². The lowest BCUT2D eigenvalue weighted by Gasteiger charge is -2.43. The Morgan fingerprint density at radius 2 is 1.81 bits per heavy atom. The van der Waals surface area contributed by atoms with E-state index in [9.17, 15) is 19.2 Å². The fraction of sp³-hybridized carbons (Fsp3) is 0.692. The lowest BCUT2D eigenvalue weighted by Crippen LogP contribution is -2.67. The highest BCUT2D eigenvalue weighted by Gasteiger charge is 2.45. The average molecular weight is 297 g/mol. The Labute approximate surface area is 122 Å². The number of carboxylic acids is 1.